The van der Waals surface area contributed by atoms with Gasteiger partial charge in [-0.05, 0) is 34.3 Å². The van der Waals surface area contributed by atoms with Crippen LogP contribution in [0.5, 0.6) is 0 Å². The van der Waals surface area contributed by atoms with Crippen molar-refractivity contribution >= 4 is 21.6 Å². The molecule has 2 aliphatic heterocycles. The van der Waals surface area contributed by atoms with Crippen molar-refractivity contribution in [2.24, 2.45) is 5.92 Å². The van der Waals surface area contributed by atoms with Crippen LogP contribution in [-0.2, 0) is 0 Å². The maximum Gasteiger partial charge on any atom is 0.0592 e. The van der Waals surface area contributed by atoms with Crippen LogP contribution in [0.1, 0.15) is 6.42 Å². The van der Waals surface area contributed by atoms with Gasteiger partial charge in [-0.15, -0.1) is 0 Å². The van der Waals surface area contributed by atoms with Gasteiger partial charge in [-0.2, -0.15) is 0 Å². The van der Waals surface area contributed by atoms with Gasteiger partial charge in [0.15, 0.2) is 0 Å². The second-order valence-electron chi connectivity index (χ2n) is 4.29. The van der Waals surface area contributed by atoms with Gasteiger partial charge in [0.1, 0.15) is 0 Å². The van der Waals surface area contributed by atoms with E-state index >= 15 is 0 Å². The van der Waals surface area contributed by atoms with Gasteiger partial charge in [0, 0.05) is 38.1 Å². The number of anilines is 1. The normalized spacial score (nSPS) is 29.5. The van der Waals surface area contributed by atoms with E-state index in [0.717, 1.165) is 16.9 Å². The fourth-order valence-electron chi connectivity index (χ4n) is 2.75. The number of rotatable bonds is 1. The van der Waals surface area contributed by atoms with Crippen LogP contribution in [0.25, 0.3) is 0 Å². The summed E-state index contributed by atoms with van der Waals surface area (Å²) in [6.07, 6.45) is 5.06. The molecule has 1 aromatic heterocycles. The number of halogens is 1. The molecule has 1 aromatic rings. The van der Waals surface area contributed by atoms with Gasteiger partial charge in [-0.1, -0.05) is 0 Å². The summed E-state index contributed by atoms with van der Waals surface area (Å²) in [4.78, 5) is 6.62. The molecule has 1 N–H and O–H groups in total. The molecule has 4 heteroatoms. The zero-order valence-electron chi connectivity index (χ0n) is 8.49. The molecule has 0 spiro atoms. The van der Waals surface area contributed by atoms with Crippen molar-refractivity contribution in [1.29, 1.82) is 0 Å². The molecule has 15 heavy (non-hydrogen) atoms. The van der Waals surface area contributed by atoms with Crippen LogP contribution >= 0.6 is 15.9 Å². The largest absolute Gasteiger partial charge is 0.366 e. The molecule has 3 heterocycles. The standard InChI is InChI=1S/C11H14BrN3/c12-9-6-13-3-1-10(9)15-4-2-8-5-14-7-11(8)15/h1,3,6,8,11,14H,2,4-5,7H2/t8-,11+/m1/s1. The Kier molecular flexibility index (Phi) is 2.41. The number of hydrogen-bond acceptors (Lipinski definition) is 3. The molecule has 3 rings (SSSR count). The predicted molar refractivity (Wildman–Crippen MR) is 64.0 cm³/mol. The SMILES string of the molecule is Brc1cnccc1N1CC[C@@H]2CNC[C@@H]21. The third-order valence-corrected chi connectivity index (χ3v) is 4.12. The topological polar surface area (TPSA) is 28.2 Å². The fraction of sp³-hybridized carbons (Fsp3) is 0.545. The Labute approximate surface area is 98.0 Å². The van der Waals surface area contributed by atoms with Crippen LogP contribution in [0.15, 0.2) is 22.9 Å². The van der Waals surface area contributed by atoms with E-state index in [-0.39, 0.29) is 0 Å². The van der Waals surface area contributed by atoms with Crippen molar-refractivity contribution in [3.8, 4) is 0 Å². The quantitative estimate of drug-likeness (QED) is 0.839. The molecule has 3 nitrogen and oxygen atoms in total. The summed E-state index contributed by atoms with van der Waals surface area (Å²) in [5.41, 5.74) is 1.29. The van der Waals surface area contributed by atoms with Gasteiger partial charge in [-0.25, -0.2) is 0 Å². The number of aromatic nitrogens is 1. The monoisotopic (exact) mass is 267 g/mol. The maximum atomic E-state index is 4.11. The third-order valence-electron chi connectivity index (χ3n) is 3.51. The molecule has 0 bridgehead atoms. The molecular formula is C11H14BrN3. The van der Waals surface area contributed by atoms with E-state index in [4.69, 9.17) is 0 Å². The molecule has 0 aromatic carbocycles. The number of nitrogens with zero attached hydrogens (tertiary/aromatic N) is 2. The number of hydrogen-bond donors (Lipinski definition) is 1. The van der Waals surface area contributed by atoms with Gasteiger partial charge in [0.05, 0.1) is 10.2 Å². The summed E-state index contributed by atoms with van der Waals surface area (Å²) >= 11 is 3.58. The summed E-state index contributed by atoms with van der Waals surface area (Å²) < 4.78 is 1.11. The highest BCUT2D eigenvalue weighted by atomic mass is 79.9. The van der Waals surface area contributed by atoms with E-state index in [9.17, 15) is 0 Å². The lowest BCUT2D eigenvalue weighted by Gasteiger charge is -2.26. The van der Waals surface area contributed by atoms with Gasteiger partial charge >= 0.3 is 0 Å². The van der Waals surface area contributed by atoms with Crippen LogP contribution in [0, 0.1) is 5.92 Å². The Morgan fingerprint density at radius 3 is 3.27 bits per heavy atom. The molecule has 0 aliphatic carbocycles. The summed E-state index contributed by atoms with van der Waals surface area (Å²) in [5, 5.41) is 3.47. The van der Waals surface area contributed by atoms with Crippen molar-refractivity contribution in [2.45, 2.75) is 12.5 Å². The van der Waals surface area contributed by atoms with Crippen LogP contribution in [0.2, 0.25) is 0 Å². The van der Waals surface area contributed by atoms with Gasteiger partial charge in [-0.3, -0.25) is 4.98 Å². The zero-order chi connectivity index (χ0) is 10.3. The van der Waals surface area contributed by atoms with Gasteiger partial charge < -0.3 is 10.2 Å². The number of nitrogens with one attached hydrogen (secondary N) is 1. The second-order valence-corrected chi connectivity index (χ2v) is 5.15. The van der Waals surface area contributed by atoms with Crippen molar-refractivity contribution in [3.63, 3.8) is 0 Å². The van der Waals surface area contributed by atoms with Crippen molar-refractivity contribution in [3.05, 3.63) is 22.9 Å². The lowest BCUT2D eigenvalue weighted by molar-refractivity contribution is 0.578. The predicted octanol–water partition coefficient (Wildman–Crippen LogP) is 1.64. The molecule has 0 saturated carbocycles. The average Bonchev–Trinajstić information content (AvgIpc) is 2.80. The number of fused-ring (bicyclic) bond motifs is 1. The van der Waals surface area contributed by atoms with Crippen molar-refractivity contribution in [1.82, 2.24) is 10.3 Å². The smallest absolute Gasteiger partial charge is 0.0592 e. The summed E-state index contributed by atoms with van der Waals surface area (Å²) in [5.74, 6) is 0.838. The van der Waals surface area contributed by atoms with E-state index in [1.54, 1.807) is 0 Å². The third kappa shape index (κ3) is 1.56. The molecule has 2 aliphatic rings. The van der Waals surface area contributed by atoms with Crippen molar-refractivity contribution in [2.75, 3.05) is 24.5 Å². The highest BCUT2D eigenvalue weighted by molar-refractivity contribution is 9.10. The summed E-state index contributed by atoms with van der Waals surface area (Å²) in [6.45, 7) is 3.49. The molecule has 0 unspecified atom stereocenters. The molecule has 2 atom stereocenters. The Bertz CT molecular complexity index is 369. The first kappa shape index (κ1) is 9.60. The summed E-state index contributed by atoms with van der Waals surface area (Å²) in [6, 6.07) is 2.79. The van der Waals surface area contributed by atoms with E-state index in [2.05, 4.69) is 37.2 Å². The molecular weight excluding hydrogens is 254 g/mol. The summed E-state index contributed by atoms with van der Waals surface area (Å²) in [7, 11) is 0. The molecule has 0 radical (unpaired) electrons. The van der Waals surface area contributed by atoms with E-state index in [0.29, 0.717) is 6.04 Å². The molecule has 80 valence electrons. The first-order valence-corrected chi connectivity index (χ1v) is 6.22. The van der Waals surface area contributed by atoms with Crippen LogP contribution in [0.4, 0.5) is 5.69 Å². The molecule has 2 saturated heterocycles. The Hall–Kier alpha value is -0.610. The lowest BCUT2D eigenvalue weighted by atomic mass is 10.1. The average molecular weight is 268 g/mol. The highest BCUT2D eigenvalue weighted by Gasteiger charge is 2.37. The first-order chi connectivity index (χ1) is 7.36. The lowest BCUT2D eigenvalue weighted by Crippen LogP contribution is -2.34. The Morgan fingerprint density at radius 1 is 1.47 bits per heavy atom. The highest BCUT2D eigenvalue weighted by Crippen LogP contribution is 2.35. The maximum absolute atomic E-state index is 4.11. The minimum Gasteiger partial charge on any atom is -0.366 e. The van der Waals surface area contributed by atoms with Crippen LogP contribution < -0.4 is 10.2 Å². The number of pyridine rings is 1. The van der Waals surface area contributed by atoms with Gasteiger partial charge in [0.2, 0.25) is 0 Å². The minimum atomic E-state index is 0.684. The van der Waals surface area contributed by atoms with E-state index in [1.165, 1.54) is 25.2 Å². The first-order valence-electron chi connectivity index (χ1n) is 5.43. The zero-order valence-corrected chi connectivity index (χ0v) is 10.1. The van der Waals surface area contributed by atoms with Gasteiger partial charge in [0.25, 0.3) is 0 Å². The van der Waals surface area contributed by atoms with Crippen LogP contribution in [-0.4, -0.2) is 30.7 Å². The Balaban J connectivity index is 1.91. The van der Waals surface area contributed by atoms with E-state index in [1.807, 2.05) is 12.4 Å². The van der Waals surface area contributed by atoms with Crippen LogP contribution in [0.3, 0.4) is 0 Å². The second kappa shape index (κ2) is 3.76. The molecule has 0 amide bonds. The Morgan fingerprint density at radius 2 is 2.40 bits per heavy atom. The fourth-order valence-corrected chi connectivity index (χ4v) is 3.23. The molecule has 2 fully saturated rings. The van der Waals surface area contributed by atoms with Crippen molar-refractivity contribution < 1.29 is 0 Å². The minimum absolute atomic E-state index is 0.684. The van der Waals surface area contributed by atoms with E-state index < -0.39 is 0 Å².